The maximum absolute atomic E-state index is 9.12. The standard InChI is InChI=1S/BH2O4P.K.Rb/c1-5-6(2,3)4;;/h(H2,2,3,4);;/q;2*+1/p-2. The van der Waals surface area contributed by atoms with Crippen LogP contribution in [0.25, 0.3) is 0 Å². The Hall–Kier alpha value is 3.62. The van der Waals surface area contributed by atoms with E-state index in [0.717, 1.165) is 0 Å². The van der Waals surface area contributed by atoms with Crippen LogP contribution in [-0.2, 0) is 9.01 Å². The zero-order valence-electron chi connectivity index (χ0n) is 4.66. The summed E-state index contributed by atoms with van der Waals surface area (Å²) in [5.41, 5.74) is 0. The van der Waals surface area contributed by atoms with Gasteiger partial charge in [0.05, 0.1) is 0 Å². The summed E-state index contributed by atoms with van der Waals surface area (Å²) in [5, 5.41) is 0. The molecule has 0 saturated heterocycles. The Morgan fingerprint density at radius 2 is 1.62 bits per heavy atom. The van der Waals surface area contributed by atoms with Gasteiger partial charge >= 0.3 is 110 Å². The summed E-state index contributed by atoms with van der Waals surface area (Å²) in [4.78, 5) is 18.2. The first-order valence-electron chi connectivity index (χ1n) is 0.966. The van der Waals surface area contributed by atoms with E-state index in [1.54, 1.807) is 0 Å². The quantitative estimate of drug-likeness (QED) is 0.331. The van der Waals surface area contributed by atoms with E-state index in [0.29, 0.717) is 0 Å². The summed E-state index contributed by atoms with van der Waals surface area (Å²) < 4.78 is 12.0. The van der Waals surface area contributed by atoms with Crippen molar-refractivity contribution in [1.29, 1.82) is 0 Å². The van der Waals surface area contributed by atoms with Crippen LogP contribution >= 0.6 is 7.82 Å². The molecule has 0 aliphatic carbocycles. The van der Waals surface area contributed by atoms with E-state index in [-0.39, 0.29) is 110 Å². The third-order valence-electron chi connectivity index (χ3n) is 0.129. The molecule has 0 fully saturated rings. The van der Waals surface area contributed by atoms with Crippen molar-refractivity contribution in [2.24, 2.45) is 0 Å². The fraction of sp³-hybridized carbons (Fsp3) is 0. The van der Waals surface area contributed by atoms with Gasteiger partial charge in [-0.25, -0.2) is 0 Å². The van der Waals surface area contributed by atoms with Gasteiger partial charge in [-0.1, -0.05) is 0 Å². The Bertz CT molecular complexity index is 80.1. The minimum Gasteiger partial charge on any atom is -0.791 e. The van der Waals surface area contributed by atoms with Crippen molar-refractivity contribution in [3.63, 3.8) is 0 Å². The van der Waals surface area contributed by atoms with E-state index < -0.39 is 7.82 Å². The molecular weight excluding hydrogens is 230 g/mol. The summed E-state index contributed by atoms with van der Waals surface area (Å²) in [6, 6.07) is 0. The van der Waals surface area contributed by atoms with Crippen LogP contribution in [0.2, 0.25) is 0 Å². The molecule has 0 saturated carbocycles. The molecule has 8 heavy (non-hydrogen) atoms. The number of hydrogen-bond donors (Lipinski definition) is 0. The first kappa shape index (κ1) is 17.6. The number of phosphoric acid groups is 1. The molecule has 8 heteroatoms. The normalized spacial score (nSPS) is 8.75. The summed E-state index contributed by atoms with van der Waals surface area (Å²) in [5.74, 6) is 0. The second-order valence-electron chi connectivity index (χ2n) is 0.553. The molecule has 34 valence electrons. The molecular formula is BKO4PRb. The monoisotopic (exact) mass is 230 g/mol. The average molecular weight is 230 g/mol. The minimum absolute atomic E-state index is 0. The third-order valence-corrected chi connectivity index (χ3v) is 0.387. The summed E-state index contributed by atoms with van der Waals surface area (Å²) in [7, 11) is -0.951. The van der Waals surface area contributed by atoms with Crippen LogP contribution in [0.1, 0.15) is 0 Å². The first-order chi connectivity index (χ1) is 2.56. The van der Waals surface area contributed by atoms with Crippen LogP contribution in [0, 0.1) is 0 Å². The topological polar surface area (TPSA) is 72.4 Å². The van der Waals surface area contributed by atoms with Crippen molar-refractivity contribution < 1.29 is 128 Å². The molecule has 0 amide bonds. The zero-order chi connectivity index (χ0) is 5.21. The minimum atomic E-state index is -4.87. The van der Waals surface area contributed by atoms with Crippen molar-refractivity contribution in [2.45, 2.75) is 0 Å². The Labute approximate surface area is 140 Å². The van der Waals surface area contributed by atoms with Gasteiger partial charge in [-0.15, -0.1) is 0 Å². The maximum Gasteiger partial charge on any atom is 1.00 e. The summed E-state index contributed by atoms with van der Waals surface area (Å²) in [6.45, 7) is 0. The van der Waals surface area contributed by atoms with E-state index in [1.807, 2.05) is 0 Å². The van der Waals surface area contributed by atoms with Crippen molar-refractivity contribution in [2.75, 3.05) is 0 Å². The average Bonchev–Trinajstić information content (AvgIpc) is 1.35. The molecule has 0 spiro atoms. The molecule has 0 aromatic rings. The molecule has 0 rings (SSSR count). The van der Waals surface area contributed by atoms with Gasteiger partial charge in [0.2, 0.25) is 0 Å². The van der Waals surface area contributed by atoms with Gasteiger partial charge in [-0.3, -0.25) is 0 Å². The van der Waals surface area contributed by atoms with E-state index in [1.165, 1.54) is 0 Å². The molecule has 0 aliphatic heterocycles. The molecule has 0 atom stereocenters. The van der Waals surface area contributed by atoms with Crippen molar-refractivity contribution >= 4 is 15.9 Å². The van der Waals surface area contributed by atoms with E-state index in [4.69, 9.17) is 14.4 Å². The fourth-order valence-corrected chi connectivity index (χ4v) is 0. The Morgan fingerprint density at radius 3 is 1.62 bits per heavy atom. The van der Waals surface area contributed by atoms with Crippen molar-refractivity contribution in [3.05, 3.63) is 0 Å². The molecule has 0 bridgehead atoms. The van der Waals surface area contributed by atoms with Crippen molar-refractivity contribution in [1.82, 2.24) is 0 Å². The SMILES string of the molecule is [B]OP(=O)([O-])[O-].[K+].[Rb+]. The molecule has 0 aromatic carbocycles. The van der Waals surface area contributed by atoms with Crippen LogP contribution in [0.4, 0.5) is 0 Å². The van der Waals surface area contributed by atoms with Gasteiger partial charge < -0.3 is 18.8 Å². The Kier molecular flexibility index (Phi) is 19.2. The smallest absolute Gasteiger partial charge is 0.791 e. The molecule has 0 aliphatic rings. The third kappa shape index (κ3) is 16.3. The summed E-state index contributed by atoms with van der Waals surface area (Å²) >= 11 is 0. The van der Waals surface area contributed by atoms with Gasteiger partial charge in [0.25, 0.3) is 8.05 Å². The fourth-order valence-electron chi connectivity index (χ4n) is 0. The molecule has 0 aromatic heterocycles. The van der Waals surface area contributed by atoms with Gasteiger partial charge in [0, 0.05) is 7.82 Å². The van der Waals surface area contributed by atoms with Gasteiger partial charge in [0.15, 0.2) is 0 Å². The predicted octanol–water partition coefficient (Wildman–Crippen LogP) is -8.08. The second kappa shape index (κ2) is 8.71. The largest absolute Gasteiger partial charge is 1.00 e. The number of hydrogen-bond acceptors (Lipinski definition) is 4. The predicted molar refractivity (Wildman–Crippen MR) is 14.4 cm³/mol. The van der Waals surface area contributed by atoms with E-state index in [2.05, 4.69) is 12.5 Å². The van der Waals surface area contributed by atoms with Crippen molar-refractivity contribution in [3.8, 4) is 0 Å². The van der Waals surface area contributed by atoms with E-state index in [9.17, 15) is 0 Å². The molecule has 4 nitrogen and oxygen atoms in total. The van der Waals surface area contributed by atoms with E-state index >= 15 is 0 Å². The van der Waals surface area contributed by atoms with Gasteiger partial charge in [-0.2, -0.15) is 0 Å². The Morgan fingerprint density at radius 1 is 1.50 bits per heavy atom. The van der Waals surface area contributed by atoms with Gasteiger partial charge in [-0.05, 0) is 0 Å². The molecule has 0 N–H and O–H groups in total. The van der Waals surface area contributed by atoms with Crippen LogP contribution < -0.4 is 119 Å². The molecule has 0 unspecified atom stereocenters. The first-order valence-corrected chi connectivity index (χ1v) is 2.43. The van der Waals surface area contributed by atoms with Crippen LogP contribution in [0.15, 0.2) is 0 Å². The Balaban J connectivity index is -0.000000125. The molecule has 0 heterocycles. The number of rotatable bonds is 1. The molecule has 2 radical (unpaired) electrons. The van der Waals surface area contributed by atoms with Gasteiger partial charge in [0.1, 0.15) is 0 Å². The second-order valence-corrected chi connectivity index (χ2v) is 1.66. The van der Waals surface area contributed by atoms with Crippen LogP contribution in [0.5, 0.6) is 0 Å². The maximum atomic E-state index is 9.12. The van der Waals surface area contributed by atoms with Crippen LogP contribution in [-0.4, -0.2) is 8.05 Å². The zero-order valence-corrected chi connectivity index (χ0v) is 13.6. The summed E-state index contributed by atoms with van der Waals surface area (Å²) in [6.07, 6.45) is 0. The van der Waals surface area contributed by atoms with Crippen LogP contribution in [0.3, 0.4) is 0 Å².